The molecule has 2 nitrogen and oxygen atoms in total. The van der Waals surface area contributed by atoms with E-state index >= 15 is 0 Å². The summed E-state index contributed by atoms with van der Waals surface area (Å²) < 4.78 is 0. The van der Waals surface area contributed by atoms with Gasteiger partial charge in [0.15, 0.2) is 0 Å². The van der Waals surface area contributed by atoms with Crippen LogP contribution in [0.5, 0.6) is 5.75 Å². The van der Waals surface area contributed by atoms with Gasteiger partial charge in [-0.25, -0.2) is 0 Å². The molecular weight excluding hydrogens is 164 g/mol. The number of carbonyl (C=O) groups is 1. The van der Waals surface area contributed by atoms with Crippen LogP contribution in [-0.2, 0) is 4.79 Å². The van der Waals surface area contributed by atoms with E-state index in [-0.39, 0.29) is 11.5 Å². The number of hydrogen-bond acceptors (Lipinski definition) is 2. The average molecular weight is 176 g/mol. The van der Waals surface area contributed by atoms with Crippen molar-refractivity contribution in [2.24, 2.45) is 0 Å². The van der Waals surface area contributed by atoms with E-state index < -0.39 is 0 Å². The second-order valence-corrected chi connectivity index (χ2v) is 2.87. The van der Waals surface area contributed by atoms with Crippen LogP contribution in [0.3, 0.4) is 0 Å². The maximum absolute atomic E-state index is 10.6. The maximum Gasteiger partial charge on any atom is 0.133 e. The van der Waals surface area contributed by atoms with Gasteiger partial charge in [0.2, 0.25) is 0 Å². The van der Waals surface area contributed by atoms with Gasteiger partial charge in [0.25, 0.3) is 0 Å². The van der Waals surface area contributed by atoms with E-state index in [2.05, 4.69) is 0 Å². The molecule has 0 heterocycles. The van der Waals surface area contributed by atoms with Crippen LogP contribution in [0.4, 0.5) is 0 Å². The van der Waals surface area contributed by atoms with Crippen molar-refractivity contribution in [3.63, 3.8) is 0 Å². The highest BCUT2D eigenvalue weighted by molar-refractivity contribution is 5.78. The number of carbonyl (C=O) groups excluding carboxylic acids is 1. The zero-order chi connectivity index (χ0) is 9.68. The number of allylic oxidation sites excluding steroid dienone is 1. The summed E-state index contributed by atoms with van der Waals surface area (Å²) in [6, 6.07) is 7.02. The number of aromatic hydroxyl groups is 1. The highest BCUT2D eigenvalue weighted by atomic mass is 16.3. The number of hydrogen-bond donors (Lipinski definition) is 1. The Morgan fingerprint density at radius 2 is 2.15 bits per heavy atom. The van der Waals surface area contributed by atoms with E-state index in [4.69, 9.17) is 0 Å². The Morgan fingerprint density at radius 1 is 1.46 bits per heavy atom. The van der Waals surface area contributed by atoms with Crippen molar-refractivity contribution in [3.05, 3.63) is 35.9 Å². The first-order valence-electron chi connectivity index (χ1n) is 4.14. The fourth-order valence-corrected chi connectivity index (χ4v) is 0.980. The predicted octanol–water partition coefficient (Wildman–Crippen LogP) is 2.38. The van der Waals surface area contributed by atoms with E-state index in [1.165, 1.54) is 6.92 Å². The van der Waals surface area contributed by atoms with Crippen molar-refractivity contribution in [1.29, 1.82) is 0 Å². The largest absolute Gasteiger partial charge is 0.507 e. The molecular formula is C11H12O2. The molecule has 0 amide bonds. The second-order valence-electron chi connectivity index (χ2n) is 2.87. The third-order valence-electron chi connectivity index (χ3n) is 1.64. The predicted molar refractivity (Wildman–Crippen MR) is 52.4 cm³/mol. The molecule has 1 rings (SSSR count). The SMILES string of the molecule is CC(=O)C/C=C/c1ccccc1O. The van der Waals surface area contributed by atoms with Crippen molar-refractivity contribution < 1.29 is 9.90 Å². The molecule has 2 heteroatoms. The summed E-state index contributed by atoms with van der Waals surface area (Å²) in [6.07, 6.45) is 3.91. The lowest BCUT2D eigenvalue weighted by atomic mass is 10.1. The average Bonchev–Trinajstić information content (AvgIpc) is 2.08. The summed E-state index contributed by atoms with van der Waals surface area (Å²) in [5, 5.41) is 9.34. The number of phenols is 1. The molecule has 0 aromatic heterocycles. The summed E-state index contributed by atoms with van der Waals surface area (Å²) >= 11 is 0. The third kappa shape index (κ3) is 3.11. The lowest BCUT2D eigenvalue weighted by molar-refractivity contribution is -0.116. The number of Topliss-reactive ketones (excluding diaryl/α,β-unsaturated/α-hetero) is 1. The Kier molecular flexibility index (Phi) is 3.26. The van der Waals surface area contributed by atoms with Gasteiger partial charge in [-0.1, -0.05) is 30.4 Å². The molecule has 0 aliphatic carbocycles. The molecule has 0 radical (unpaired) electrons. The Hall–Kier alpha value is -1.57. The summed E-state index contributed by atoms with van der Waals surface area (Å²) in [5.41, 5.74) is 0.740. The minimum Gasteiger partial charge on any atom is -0.507 e. The van der Waals surface area contributed by atoms with E-state index in [0.717, 1.165) is 5.56 Å². The van der Waals surface area contributed by atoms with Crippen LogP contribution in [0.25, 0.3) is 6.08 Å². The fraction of sp³-hybridized carbons (Fsp3) is 0.182. The van der Waals surface area contributed by atoms with Crippen molar-refractivity contribution in [3.8, 4) is 5.75 Å². The van der Waals surface area contributed by atoms with Gasteiger partial charge in [-0.2, -0.15) is 0 Å². The van der Waals surface area contributed by atoms with Gasteiger partial charge in [-0.15, -0.1) is 0 Å². The molecule has 1 aromatic carbocycles. The van der Waals surface area contributed by atoms with Gasteiger partial charge >= 0.3 is 0 Å². The van der Waals surface area contributed by atoms with Crippen LogP contribution in [0.15, 0.2) is 30.3 Å². The van der Waals surface area contributed by atoms with Gasteiger partial charge < -0.3 is 5.11 Å². The zero-order valence-electron chi connectivity index (χ0n) is 7.53. The zero-order valence-corrected chi connectivity index (χ0v) is 7.53. The number of rotatable bonds is 3. The normalized spacial score (nSPS) is 10.5. The maximum atomic E-state index is 10.6. The third-order valence-corrected chi connectivity index (χ3v) is 1.64. The molecule has 0 bridgehead atoms. The minimum atomic E-state index is 0.117. The Labute approximate surface area is 77.5 Å². The highest BCUT2D eigenvalue weighted by Gasteiger charge is 1.93. The molecule has 68 valence electrons. The first kappa shape index (κ1) is 9.52. The summed E-state index contributed by atoms with van der Waals surface area (Å²) in [4.78, 5) is 10.6. The fourth-order valence-electron chi connectivity index (χ4n) is 0.980. The number of ketones is 1. The van der Waals surface area contributed by atoms with Crippen LogP contribution < -0.4 is 0 Å². The van der Waals surface area contributed by atoms with Gasteiger partial charge in [0.05, 0.1) is 0 Å². The number of para-hydroxylation sites is 1. The van der Waals surface area contributed by atoms with Crippen LogP contribution in [0.2, 0.25) is 0 Å². The standard InChI is InChI=1S/C11H12O2/c1-9(12)5-4-7-10-6-2-3-8-11(10)13/h2-4,6-8,13H,5H2,1H3/b7-4+. The van der Waals surface area contributed by atoms with Crippen LogP contribution in [0, 0.1) is 0 Å². The lowest BCUT2D eigenvalue weighted by Crippen LogP contribution is -1.83. The van der Waals surface area contributed by atoms with Crippen LogP contribution in [0.1, 0.15) is 18.9 Å². The topological polar surface area (TPSA) is 37.3 Å². The van der Waals surface area contributed by atoms with Crippen molar-refractivity contribution >= 4 is 11.9 Å². The highest BCUT2D eigenvalue weighted by Crippen LogP contribution is 2.16. The summed E-state index contributed by atoms with van der Waals surface area (Å²) in [6.45, 7) is 1.54. The summed E-state index contributed by atoms with van der Waals surface area (Å²) in [7, 11) is 0. The molecule has 1 aromatic rings. The van der Waals surface area contributed by atoms with Gasteiger partial charge in [-0.3, -0.25) is 4.79 Å². The quantitative estimate of drug-likeness (QED) is 0.767. The Bertz CT molecular complexity index is 327. The van der Waals surface area contributed by atoms with E-state index in [1.807, 2.05) is 6.07 Å². The molecule has 0 fully saturated rings. The van der Waals surface area contributed by atoms with Gasteiger partial charge in [0, 0.05) is 12.0 Å². The molecule has 0 aliphatic rings. The van der Waals surface area contributed by atoms with Gasteiger partial charge in [0.1, 0.15) is 11.5 Å². The first-order valence-corrected chi connectivity index (χ1v) is 4.14. The first-order chi connectivity index (χ1) is 6.20. The van der Waals surface area contributed by atoms with Gasteiger partial charge in [-0.05, 0) is 13.0 Å². The molecule has 1 N–H and O–H groups in total. The Balaban J connectivity index is 2.68. The van der Waals surface area contributed by atoms with E-state index in [9.17, 15) is 9.90 Å². The molecule has 0 atom stereocenters. The Morgan fingerprint density at radius 3 is 2.77 bits per heavy atom. The number of phenolic OH excluding ortho intramolecular Hbond substituents is 1. The van der Waals surface area contributed by atoms with Crippen molar-refractivity contribution in [1.82, 2.24) is 0 Å². The second kappa shape index (κ2) is 4.45. The van der Waals surface area contributed by atoms with E-state index in [1.54, 1.807) is 30.4 Å². The van der Waals surface area contributed by atoms with E-state index in [0.29, 0.717) is 6.42 Å². The summed E-state index contributed by atoms with van der Waals surface area (Å²) in [5.74, 6) is 0.356. The van der Waals surface area contributed by atoms with Crippen molar-refractivity contribution in [2.45, 2.75) is 13.3 Å². The monoisotopic (exact) mass is 176 g/mol. The van der Waals surface area contributed by atoms with Crippen LogP contribution in [-0.4, -0.2) is 10.9 Å². The smallest absolute Gasteiger partial charge is 0.133 e. The minimum absolute atomic E-state index is 0.117. The molecule has 0 aliphatic heterocycles. The molecule has 0 saturated carbocycles. The molecule has 0 unspecified atom stereocenters. The number of benzene rings is 1. The molecule has 0 saturated heterocycles. The molecule has 13 heavy (non-hydrogen) atoms. The molecule has 0 spiro atoms. The lowest BCUT2D eigenvalue weighted by Gasteiger charge is -1.96. The van der Waals surface area contributed by atoms with Crippen molar-refractivity contribution in [2.75, 3.05) is 0 Å². The van der Waals surface area contributed by atoms with Crippen LogP contribution >= 0.6 is 0 Å².